The molecule has 0 atom stereocenters. The van der Waals surface area contributed by atoms with Gasteiger partial charge >= 0.3 is 5.97 Å². The van der Waals surface area contributed by atoms with Gasteiger partial charge in [-0.2, -0.15) is 0 Å². The second-order valence-electron chi connectivity index (χ2n) is 8.65. The predicted octanol–water partition coefficient (Wildman–Crippen LogP) is 6.32. The van der Waals surface area contributed by atoms with Gasteiger partial charge in [-0.05, 0) is 73.6 Å². The topological polar surface area (TPSA) is 66.8 Å². The number of carbonyl (C=O) groups excluding carboxylic acids is 1. The molecule has 1 aliphatic carbocycles. The van der Waals surface area contributed by atoms with Crippen LogP contribution in [-0.2, 0) is 11.3 Å². The van der Waals surface area contributed by atoms with Crippen molar-refractivity contribution in [2.24, 2.45) is 0 Å². The molecule has 0 heterocycles. The van der Waals surface area contributed by atoms with Crippen molar-refractivity contribution in [1.82, 2.24) is 4.90 Å². The zero-order valence-electron chi connectivity index (χ0n) is 21.5. The van der Waals surface area contributed by atoms with Crippen LogP contribution in [0.5, 0.6) is 5.75 Å². The first-order valence-corrected chi connectivity index (χ1v) is 11.9. The number of aliphatic carboxylic acids is 1. The van der Waals surface area contributed by atoms with Crippen molar-refractivity contribution < 1.29 is 26.6 Å². The number of unbranched alkanes of at least 4 members (excludes halogenated alkanes) is 2. The van der Waals surface area contributed by atoms with E-state index in [0.29, 0.717) is 37.2 Å². The fourth-order valence-corrected chi connectivity index (χ4v) is 3.78. The minimum Gasteiger partial charge on any atom is -0.493 e. The highest BCUT2D eigenvalue weighted by molar-refractivity contribution is 5.95. The highest BCUT2D eigenvalue weighted by Gasteiger charge is 2.33. The first kappa shape index (κ1) is 21.8. The molecule has 5 nitrogen and oxygen atoms in total. The molecule has 1 fully saturated rings. The van der Waals surface area contributed by atoms with E-state index < -0.39 is 18.4 Å². The molecule has 6 heteroatoms. The molecule has 3 aromatic rings. The summed E-state index contributed by atoms with van der Waals surface area (Å²) in [4.78, 5) is 25.6. The monoisotopic (exact) mass is 477 g/mol. The van der Waals surface area contributed by atoms with E-state index >= 15 is 0 Å². The van der Waals surface area contributed by atoms with E-state index in [1.165, 1.54) is 17.0 Å². The molecule has 0 aliphatic heterocycles. The molecule has 1 aliphatic rings. The Bertz CT molecular complexity index is 1230. The number of amides is 1. The van der Waals surface area contributed by atoms with Gasteiger partial charge in [0.05, 0.1) is 9.35 Å². The number of benzene rings is 3. The van der Waals surface area contributed by atoms with Crippen LogP contribution in [0.15, 0.2) is 72.8 Å². The van der Waals surface area contributed by atoms with Crippen molar-refractivity contribution in [2.75, 3.05) is 6.61 Å². The van der Waals surface area contributed by atoms with Crippen molar-refractivity contribution in [3.8, 4) is 16.9 Å². The lowest BCUT2D eigenvalue weighted by molar-refractivity contribution is -0.137. The Kier molecular flexibility index (Phi) is 7.27. The number of ether oxygens (including phenoxy) is 1. The van der Waals surface area contributed by atoms with E-state index in [4.69, 9.17) is 12.6 Å². The van der Waals surface area contributed by atoms with Crippen LogP contribution in [0.1, 0.15) is 57.2 Å². The number of carboxylic acid groups (broad SMARTS) is 1. The van der Waals surface area contributed by atoms with Gasteiger partial charge in [0.2, 0.25) is 0 Å². The summed E-state index contributed by atoms with van der Waals surface area (Å²) >= 11 is 0. The van der Waals surface area contributed by atoms with Gasteiger partial charge < -0.3 is 14.7 Å². The van der Waals surface area contributed by atoms with E-state index in [0.717, 1.165) is 24.0 Å². The van der Waals surface area contributed by atoms with Crippen molar-refractivity contribution in [1.29, 1.82) is 0 Å². The summed E-state index contributed by atoms with van der Waals surface area (Å²) in [6, 6.07) is 19.6. The number of hydrogen-bond acceptors (Lipinski definition) is 3. The summed E-state index contributed by atoms with van der Waals surface area (Å²) in [6.07, 6.45) is 3.48. The van der Waals surface area contributed by atoms with Gasteiger partial charge in [0.15, 0.2) is 0 Å². The summed E-state index contributed by atoms with van der Waals surface area (Å²) in [5.41, 5.74) is 2.31. The minimum atomic E-state index is -2.10. The average Bonchev–Trinajstić information content (AvgIpc) is 3.71. The van der Waals surface area contributed by atoms with Gasteiger partial charge in [-0.25, -0.2) is 4.39 Å². The van der Waals surface area contributed by atoms with Gasteiger partial charge in [0, 0.05) is 30.1 Å². The Morgan fingerprint density at radius 2 is 1.60 bits per heavy atom. The summed E-state index contributed by atoms with van der Waals surface area (Å²) in [5, 5.41) is 8.76. The van der Waals surface area contributed by atoms with Gasteiger partial charge in [-0.3, -0.25) is 9.59 Å². The molecule has 1 N–H and O–H groups in total. The van der Waals surface area contributed by atoms with Crippen molar-refractivity contribution in [3.05, 3.63) is 89.7 Å². The molecule has 0 saturated heterocycles. The van der Waals surface area contributed by atoms with E-state index in [1.807, 2.05) is 0 Å². The molecule has 0 aromatic heterocycles. The summed E-state index contributed by atoms with van der Waals surface area (Å²) in [6.45, 7) is -1.78. The van der Waals surface area contributed by atoms with Crippen molar-refractivity contribution >= 4 is 11.9 Å². The van der Waals surface area contributed by atoms with Gasteiger partial charge in [-0.1, -0.05) is 42.5 Å². The molecule has 4 rings (SSSR count). The molecule has 0 radical (unpaired) electrons. The SMILES string of the molecule is [2H]C([2H])(c1ccccc1OCCCCCC(=O)O)N(C(=O)c1ccc(-c2ccc(F)cc2)cc1)C1CC1. The molecule has 0 spiro atoms. The minimum absolute atomic E-state index is 0.114. The molecule has 3 aromatic carbocycles. The first-order chi connectivity index (χ1) is 17.8. The number of carboxylic acids is 1. The van der Waals surface area contributed by atoms with E-state index in [9.17, 15) is 14.0 Å². The summed E-state index contributed by atoms with van der Waals surface area (Å²) in [7, 11) is 0. The zero-order chi connectivity index (χ0) is 26.4. The molecule has 0 bridgehead atoms. The molecule has 182 valence electrons. The van der Waals surface area contributed by atoms with E-state index in [-0.39, 0.29) is 23.8 Å². The summed E-state index contributed by atoms with van der Waals surface area (Å²) in [5.74, 6) is -1.17. The van der Waals surface area contributed by atoms with Crippen LogP contribution in [-0.4, -0.2) is 34.5 Å². The number of halogens is 1. The zero-order valence-corrected chi connectivity index (χ0v) is 19.5. The average molecular weight is 478 g/mol. The van der Waals surface area contributed by atoms with E-state index in [2.05, 4.69) is 0 Å². The van der Waals surface area contributed by atoms with Crippen LogP contribution in [0.25, 0.3) is 11.1 Å². The van der Waals surface area contributed by atoms with Gasteiger partial charge in [-0.15, -0.1) is 0 Å². The quantitative estimate of drug-likeness (QED) is 0.310. The maximum atomic E-state index is 13.6. The first-order valence-electron chi connectivity index (χ1n) is 12.9. The Labute approximate surface area is 208 Å². The smallest absolute Gasteiger partial charge is 0.303 e. The number of rotatable bonds is 12. The largest absolute Gasteiger partial charge is 0.493 e. The van der Waals surface area contributed by atoms with Crippen molar-refractivity contribution in [3.63, 3.8) is 0 Å². The van der Waals surface area contributed by atoms with Crippen LogP contribution in [0.3, 0.4) is 0 Å². The van der Waals surface area contributed by atoms with Crippen LogP contribution in [0.4, 0.5) is 4.39 Å². The Morgan fingerprint density at radius 3 is 2.26 bits per heavy atom. The lowest BCUT2D eigenvalue weighted by Crippen LogP contribution is -2.32. The second-order valence-corrected chi connectivity index (χ2v) is 8.65. The third-order valence-electron chi connectivity index (χ3n) is 5.86. The number of para-hydroxylation sites is 1. The van der Waals surface area contributed by atoms with Crippen molar-refractivity contribution in [2.45, 2.75) is 51.1 Å². The van der Waals surface area contributed by atoms with E-state index in [1.54, 1.807) is 60.7 Å². The van der Waals surface area contributed by atoms with Gasteiger partial charge in [0.25, 0.3) is 5.91 Å². The summed E-state index contributed by atoms with van der Waals surface area (Å²) < 4.78 is 37.1. The number of carbonyl (C=O) groups is 2. The Morgan fingerprint density at radius 1 is 0.943 bits per heavy atom. The van der Waals surface area contributed by atoms with Crippen LogP contribution in [0.2, 0.25) is 0 Å². The normalized spacial score (nSPS) is 14.1. The Hall–Kier alpha value is -3.67. The Balaban J connectivity index is 1.50. The van der Waals surface area contributed by atoms with Crippen LogP contribution in [0, 0.1) is 5.82 Å². The number of nitrogens with zero attached hydrogens (tertiary/aromatic N) is 1. The molecule has 1 saturated carbocycles. The molecular formula is C29H30FNO4. The highest BCUT2D eigenvalue weighted by Crippen LogP contribution is 2.32. The maximum Gasteiger partial charge on any atom is 0.303 e. The molecular weight excluding hydrogens is 445 g/mol. The molecule has 0 unspecified atom stereocenters. The second kappa shape index (κ2) is 11.6. The highest BCUT2D eigenvalue weighted by atomic mass is 19.1. The number of hydrogen-bond donors (Lipinski definition) is 1. The fraction of sp³-hybridized carbons (Fsp3) is 0.310. The van der Waals surface area contributed by atoms with Gasteiger partial charge in [0.1, 0.15) is 11.6 Å². The standard InChI is InChI=1S/C29H30FNO4/c30-25-15-13-22(14-16-25)21-9-11-23(12-10-21)29(34)31(26-17-18-26)20-24-6-3-4-7-27(24)35-19-5-1-2-8-28(32)33/h3-4,6-7,9-16,26H,1-2,5,8,17-20H2,(H,32,33)/i20D2. The van der Waals surface area contributed by atoms with Crippen LogP contribution >= 0.6 is 0 Å². The predicted molar refractivity (Wildman–Crippen MR) is 133 cm³/mol. The third kappa shape index (κ3) is 6.92. The molecule has 35 heavy (non-hydrogen) atoms. The fourth-order valence-electron chi connectivity index (χ4n) is 3.78. The lowest BCUT2D eigenvalue weighted by Gasteiger charge is -2.24. The lowest BCUT2D eigenvalue weighted by atomic mass is 10.0. The molecule has 1 amide bonds. The third-order valence-corrected chi connectivity index (χ3v) is 5.86. The maximum absolute atomic E-state index is 13.6. The van der Waals surface area contributed by atoms with Crippen LogP contribution < -0.4 is 4.74 Å².